The van der Waals surface area contributed by atoms with E-state index in [9.17, 15) is 0 Å². The first-order chi connectivity index (χ1) is 5.95. The Morgan fingerprint density at radius 1 is 1.00 bits per heavy atom. The van der Waals surface area contributed by atoms with Gasteiger partial charge in [-0.05, 0) is 0 Å². The molecule has 0 bridgehead atoms. The minimum atomic E-state index is 0.748. The Kier molecular flexibility index (Phi) is 2.86. The third-order valence-corrected chi connectivity index (χ3v) is 5.18. The summed E-state index contributed by atoms with van der Waals surface area (Å²) in [5.74, 6) is 0. The zero-order valence-corrected chi connectivity index (χ0v) is 8.91. The summed E-state index contributed by atoms with van der Waals surface area (Å²) < 4.78 is 1.58. The van der Waals surface area contributed by atoms with E-state index in [-0.39, 0.29) is 0 Å². The molecule has 1 aliphatic carbocycles. The fourth-order valence-electron chi connectivity index (χ4n) is 1.70. The van der Waals surface area contributed by atoms with Crippen molar-refractivity contribution in [2.45, 2.75) is 30.5 Å². The molecule has 0 heterocycles. The zero-order valence-electron chi connectivity index (χ0n) is 7.20. The van der Waals surface area contributed by atoms with Crippen molar-refractivity contribution in [1.82, 2.24) is 0 Å². The summed E-state index contributed by atoms with van der Waals surface area (Å²) in [6.45, 7) is 0. The van der Waals surface area contributed by atoms with E-state index in [1.165, 1.54) is 25.7 Å². The summed E-state index contributed by atoms with van der Waals surface area (Å²) in [4.78, 5) is 1.04. The summed E-state index contributed by atoms with van der Waals surface area (Å²) >= 11 is 0.748. The van der Waals surface area contributed by atoms with Gasteiger partial charge in [-0.1, -0.05) is 0 Å². The Morgan fingerprint density at radius 3 is 2.33 bits per heavy atom. The fourth-order valence-corrected chi connectivity index (χ4v) is 4.36. The molecule has 0 saturated heterocycles. The molecule has 0 amide bonds. The van der Waals surface area contributed by atoms with E-state index in [4.69, 9.17) is 0 Å². The molecular weight excluding hydrogens is 211 g/mol. The average Bonchev–Trinajstić information content (AvgIpc) is 2.59. The van der Waals surface area contributed by atoms with Crippen LogP contribution in [0.25, 0.3) is 0 Å². The first-order valence-electron chi connectivity index (χ1n) is 4.67. The van der Waals surface area contributed by atoms with E-state index < -0.39 is 0 Å². The SMILES string of the molecule is c1ccc([Se]C2CCCC2)cc1. The zero-order chi connectivity index (χ0) is 8.23. The Hall–Kier alpha value is -0.261. The second kappa shape index (κ2) is 4.11. The van der Waals surface area contributed by atoms with Gasteiger partial charge in [0.2, 0.25) is 0 Å². The van der Waals surface area contributed by atoms with Crippen molar-refractivity contribution in [2.24, 2.45) is 0 Å². The average molecular weight is 225 g/mol. The molecule has 0 N–H and O–H groups in total. The molecule has 1 aromatic rings. The molecule has 0 spiro atoms. The normalized spacial score (nSPS) is 18.3. The van der Waals surface area contributed by atoms with Crippen LogP contribution in [0.1, 0.15) is 25.7 Å². The van der Waals surface area contributed by atoms with Gasteiger partial charge in [0.15, 0.2) is 0 Å². The van der Waals surface area contributed by atoms with Crippen molar-refractivity contribution in [3.05, 3.63) is 30.3 Å². The van der Waals surface area contributed by atoms with Gasteiger partial charge >= 0.3 is 80.3 Å². The molecule has 0 unspecified atom stereocenters. The first kappa shape index (κ1) is 8.34. The van der Waals surface area contributed by atoms with Crippen molar-refractivity contribution >= 4 is 19.4 Å². The van der Waals surface area contributed by atoms with Crippen molar-refractivity contribution in [1.29, 1.82) is 0 Å². The topological polar surface area (TPSA) is 0 Å². The van der Waals surface area contributed by atoms with E-state index >= 15 is 0 Å². The van der Waals surface area contributed by atoms with Crippen LogP contribution in [0.4, 0.5) is 0 Å². The molecule has 0 aliphatic heterocycles. The third-order valence-electron chi connectivity index (χ3n) is 2.35. The molecule has 0 atom stereocenters. The minimum absolute atomic E-state index is 0.748. The molecule has 0 aromatic heterocycles. The number of benzene rings is 1. The molecule has 1 saturated carbocycles. The van der Waals surface area contributed by atoms with Crippen LogP contribution in [-0.2, 0) is 0 Å². The summed E-state index contributed by atoms with van der Waals surface area (Å²) in [5, 5.41) is 0. The van der Waals surface area contributed by atoms with Crippen molar-refractivity contribution in [3.63, 3.8) is 0 Å². The molecule has 1 fully saturated rings. The van der Waals surface area contributed by atoms with Gasteiger partial charge in [-0.2, -0.15) is 0 Å². The second-order valence-corrected chi connectivity index (χ2v) is 6.22. The van der Waals surface area contributed by atoms with Crippen molar-refractivity contribution < 1.29 is 0 Å². The molecule has 0 nitrogen and oxygen atoms in total. The maximum absolute atomic E-state index is 2.28. The quantitative estimate of drug-likeness (QED) is 0.678. The van der Waals surface area contributed by atoms with Crippen LogP contribution >= 0.6 is 0 Å². The van der Waals surface area contributed by atoms with Gasteiger partial charge in [0.1, 0.15) is 0 Å². The fraction of sp³-hybridized carbons (Fsp3) is 0.455. The van der Waals surface area contributed by atoms with Gasteiger partial charge in [0.25, 0.3) is 0 Å². The van der Waals surface area contributed by atoms with Crippen LogP contribution in [0.5, 0.6) is 0 Å². The third kappa shape index (κ3) is 2.12. The van der Waals surface area contributed by atoms with E-state index in [1.807, 2.05) is 0 Å². The van der Waals surface area contributed by atoms with E-state index in [0.717, 1.165) is 19.8 Å². The monoisotopic (exact) mass is 226 g/mol. The molecule has 64 valence electrons. The second-order valence-electron chi connectivity index (χ2n) is 3.34. The van der Waals surface area contributed by atoms with Crippen LogP contribution in [0.15, 0.2) is 30.3 Å². The molecular formula is C11H14Se. The first-order valence-corrected chi connectivity index (χ1v) is 6.51. The van der Waals surface area contributed by atoms with Crippen LogP contribution < -0.4 is 4.46 Å². The summed E-state index contributed by atoms with van der Waals surface area (Å²) in [6, 6.07) is 11.0. The number of hydrogen-bond donors (Lipinski definition) is 0. The summed E-state index contributed by atoms with van der Waals surface area (Å²) in [6.07, 6.45) is 5.91. The Labute approximate surface area is 80.5 Å². The molecule has 0 radical (unpaired) electrons. The van der Waals surface area contributed by atoms with Gasteiger partial charge < -0.3 is 0 Å². The molecule has 2 rings (SSSR count). The van der Waals surface area contributed by atoms with E-state index in [2.05, 4.69) is 30.3 Å². The molecule has 1 aromatic carbocycles. The van der Waals surface area contributed by atoms with Gasteiger partial charge in [-0.3, -0.25) is 0 Å². The van der Waals surface area contributed by atoms with Gasteiger partial charge in [0.05, 0.1) is 0 Å². The standard InChI is InChI=1S/C11H14Se/c1-2-6-10(7-3-1)12-11-8-4-5-9-11/h1-3,6-7,11H,4-5,8-9H2. The molecule has 12 heavy (non-hydrogen) atoms. The van der Waals surface area contributed by atoms with Gasteiger partial charge in [-0.15, -0.1) is 0 Å². The van der Waals surface area contributed by atoms with Crippen LogP contribution in [0.3, 0.4) is 0 Å². The number of hydrogen-bond acceptors (Lipinski definition) is 0. The van der Waals surface area contributed by atoms with Crippen LogP contribution in [-0.4, -0.2) is 15.0 Å². The van der Waals surface area contributed by atoms with Crippen LogP contribution in [0, 0.1) is 0 Å². The predicted molar refractivity (Wildman–Crippen MR) is 54.0 cm³/mol. The Bertz CT molecular complexity index is 224. The number of rotatable bonds is 2. The van der Waals surface area contributed by atoms with Crippen molar-refractivity contribution in [3.8, 4) is 0 Å². The van der Waals surface area contributed by atoms with E-state index in [1.54, 1.807) is 4.46 Å². The molecule has 1 aliphatic rings. The molecule has 1 heteroatoms. The Morgan fingerprint density at radius 2 is 1.67 bits per heavy atom. The van der Waals surface area contributed by atoms with E-state index in [0.29, 0.717) is 0 Å². The van der Waals surface area contributed by atoms with Gasteiger partial charge in [0, 0.05) is 0 Å². The maximum atomic E-state index is 2.28. The van der Waals surface area contributed by atoms with Crippen LogP contribution in [0.2, 0.25) is 4.82 Å². The van der Waals surface area contributed by atoms with Crippen molar-refractivity contribution in [2.75, 3.05) is 0 Å². The van der Waals surface area contributed by atoms with Gasteiger partial charge in [-0.25, -0.2) is 0 Å². The Balaban J connectivity index is 1.94. The predicted octanol–water partition coefficient (Wildman–Crippen LogP) is 2.38. The summed E-state index contributed by atoms with van der Waals surface area (Å²) in [5.41, 5.74) is 0. The summed E-state index contributed by atoms with van der Waals surface area (Å²) in [7, 11) is 0.